The highest BCUT2D eigenvalue weighted by Crippen LogP contribution is 2.38. The van der Waals surface area contributed by atoms with Crippen molar-refractivity contribution < 1.29 is 19.2 Å². The number of non-ortho nitro benzene ring substituents is 1. The van der Waals surface area contributed by atoms with Gasteiger partial charge in [0.15, 0.2) is 0 Å². The number of aryl methyl sites for hydroxylation is 2. The second-order valence-corrected chi connectivity index (χ2v) is 5.46. The Kier molecular flexibility index (Phi) is 4.19. The van der Waals surface area contributed by atoms with E-state index in [4.69, 9.17) is 16.0 Å². The van der Waals surface area contributed by atoms with Crippen LogP contribution in [-0.2, 0) is 0 Å². The third kappa shape index (κ3) is 3.17. The fourth-order valence-corrected chi connectivity index (χ4v) is 2.79. The number of nitrogens with zero attached hydrogens (tertiary/aromatic N) is 2. The van der Waals surface area contributed by atoms with Gasteiger partial charge in [-0.3, -0.25) is 10.1 Å². The standard InChI is InChI=1S/C12H9ClN2O5S/c1-5-6(2)20-12(14-5)21-10-8(11(16)17)3-7(15(18)19)4-9(10)13/h3-4H,1-2H3,(H,16,17). The molecule has 1 N–H and O–H groups in total. The van der Waals surface area contributed by atoms with E-state index >= 15 is 0 Å². The lowest BCUT2D eigenvalue weighted by Gasteiger charge is -2.05. The number of aromatic carboxylic acids is 1. The molecule has 2 rings (SSSR count). The molecule has 0 radical (unpaired) electrons. The molecule has 0 aliphatic rings. The van der Waals surface area contributed by atoms with E-state index in [1.165, 1.54) is 0 Å². The number of oxazole rings is 1. The zero-order valence-electron chi connectivity index (χ0n) is 10.9. The highest BCUT2D eigenvalue weighted by atomic mass is 35.5. The maximum absolute atomic E-state index is 11.3. The van der Waals surface area contributed by atoms with E-state index in [0.29, 0.717) is 11.5 Å². The van der Waals surface area contributed by atoms with E-state index in [-0.39, 0.29) is 26.4 Å². The summed E-state index contributed by atoms with van der Waals surface area (Å²) in [5.74, 6) is -0.712. The Morgan fingerprint density at radius 2 is 2.14 bits per heavy atom. The van der Waals surface area contributed by atoms with E-state index in [9.17, 15) is 20.0 Å². The summed E-state index contributed by atoms with van der Waals surface area (Å²) in [6.07, 6.45) is 0. The lowest BCUT2D eigenvalue weighted by molar-refractivity contribution is -0.384. The first kappa shape index (κ1) is 15.3. The number of hydrogen-bond donors (Lipinski definition) is 1. The second kappa shape index (κ2) is 5.74. The molecule has 0 aliphatic carbocycles. The number of carboxylic acid groups (broad SMARTS) is 1. The first-order valence-corrected chi connectivity index (χ1v) is 6.82. The molecule has 0 aliphatic heterocycles. The minimum Gasteiger partial charge on any atom is -0.478 e. The quantitative estimate of drug-likeness (QED) is 0.673. The Hall–Kier alpha value is -2.06. The van der Waals surface area contributed by atoms with Crippen LogP contribution in [0.1, 0.15) is 21.8 Å². The van der Waals surface area contributed by atoms with Crippen LogP contribution in [0.25, 0.3) is 0 Å². The summed E-state index contributed by atoms with van der Waals surface area (Å²) >= 11 is 6.87. The monoisotopic (exact) mass is 328 g/mol. The van der Waals surface area contributed by atoms with Gasteiger partial charge in [-0.1, -0.05) is 11.6 Å². The molecule has 0 amide bonds. The van der Waals surface area contributed by atoms with Crippen LogP contribution >= 0.6 is 23.4 Å². The summed E-state index contributed by atoms with van der Waals surface area (Å²) < 4.78 is 5.35. The number of nitro benzene ring substituents is 1. The second-order valence-electron chi connectivity index (χ2n) is 4.09. The molecule has 0 saturated carbocycles. The van der Waals surface area contributed by atoms with Gasteiger partial charge in [0, 0.05) is 12.1 Å². The molecule has 0 saturated heterocycles. The Balaban J connectivity index is 2.51. The van der Waals surface area contributed by atoms with E-state index in [1.54, 1.807) is 13.8 Å². The van der Waals surface area contributed by atoms with Gasteiger partial charge >= 0.3 is 5.97 Å². The van der Waals surface area contributed by atoms with Crippen LogP contribution in [0.15, 0.2) is 26.7 Å². The highest BCUT2D eigenvalue weighted by Gasteiger charge is 2.22. The molecule has 1 heterocycles. The largest absolute Gasteiger partial charge is 0.478 e. The Morgan fingerprint density at radius 1 is 1.48 bits per heavy atom. The van der Waals surface area contributed by atoms with Crippen molar-refractivity contribution in [2.24, 2.45) is 0 Å². The van der Waals surface area contributed by atoms with Gasteiger partial charge < -0.3 is 9.52 Å². The molecular formula is C12H9ClN2O5S. The summed E-state index contributed by atoms with van der Waals surface area (Å²) in [7, 11) is 0. The molecule has 0 fully saturated rings. The van der Waals surface area contributed by atoms with Crippen molar-refractivity contribution in [2.45, 2.75) is 24.0 Å². The Morgan fingerprint density at radius 3 is 2.62 bits per heavy atom. The maximum Gasteiger partial charge on any atom is 0.337 e. The van der Waals surface area contributed by atoms with Crippen molar-refractivity contribution in [1.29, 1.82) is 0 Å². The van der Waals surface area contributed by atoms with Crippen molar-refractivity contribution in [1.82, 2.24) is 4.98 Å². The molecule has 0 unspecified atom stereocenters. The molecule has 1 aromatic carbocycles. The zero-order valence-corrected chi connectivity index (χ0v) is 12.5. The average molecular weight is 329 g/mol. The molecular weight excluding hydrogens is 320 g/mol. The fraction of sp³-hybridized carbons (Fsp3) is 0.167. The van der Waals surface area contributed by atoms with Crippen molar-refractivity contribution >= 4 is 35.0 Å². The summed E-state index contributed by atoms with van der Waals surface area (Å²) in [6, 6.07) is 2.05. The van der Waals surface area contributed by atoms with Gasteiger partial charge in [0.05, 0.1) is 26.1 Å². The van der Waals surface area contributed by atoms with Crippen LogP contribution in [0.4, 0.5) is 5.69 Å². The van der Waals surface area contributed by atoms with Crippen LogP contribution in [0.2, 0.25) is 5.02 Å². The molecule has 0 atom stereocenters. The van der Waals surface area contributed by atoms with Gasteiger partial charge in [-0.25, -0.2) is 9.78 Å². The third-order valence-electron chi connectivity index (χ3n) is 2.67. The topological polar surface area (TPSA) is 106 Å². The number of carbonyl (C=O) groups is 1. The number of nitro groups is 1. The van der Waals surface area contributed by atoms with Gasteiger partial charge in [0.1, 0.15) is 5.76 Å². The highest BCUT2D eigenvalue weighted by molar-refractivity contribution is 7.99. The summed E-state index contributed by atoms with van der Waals surface area (Å²) in [5.41, 5.74) is 0.0154. The molecule has 7 nitrogen and oxygen atoms in total. The Bertz CT molecular complexity index is 724. The number of benzene rings is 1. The summed E-state index contributed by atoms with van der Waals surface area (Å²) in [4.78, 5) is 25.6. The predicted molar refractivity (Wildman–Crippen MR) is 75.2 cm³/mol. The molecule has 1 aromatic heterocycles. The van der Waals surface area contributed by atoms with Crippen molar-refractivity contribution in [2.75, 3.05) is 0 Å². The SMILES string of the molecule is Cc1nc(Sc2c(Cl)cc([N+](=O)[O-])cc2C(=O)O)oc1C. The van der Waals surface area contributed by atoms with E-state index in [1.807, 2.05) is 0 Å². The first-order valence-electron chi connectivity index (χ1n) is 5.62. The lowest BCUT2D eigenvalue weighted by Crippen LogP contribution is -2.01. The number of halogens is 1. The molecule has 110 valence electrons. The first-order chi connectivity index (χ1) is 9.79. The van der Waals surface area contributed by atoms with Crippen LogP contribution in [-0.4, -0.2) is 21.0 Å². The van der Waals surface area contributed by atoms with Gasteiger partial charge in [-0.2, -0.15) is 0 Å². The zero-order chi connectivity index (χ0) is 15.7. The number of carboxylic acids is 1. The van der Waals surface area contributed by atoms with E-state index in [0.717, 1.165) is 23.9 Å². The summed E-state index contributed by atoms with van der Waals surface area (Å²) in [6.45, 7) is 3.47. The van der Waals surface area contributed by atoms with E-state index in [2.05, 4.69) is 4.98 Å². The average Bonchev–Trinajstić information content (AvgIpc) is 2.70. The van der Waals surface area contributed by atoms with Gasteiger partial charge in [0.2, 0.25) is 0 Å². The predicted octanol–water partition coefficient (Wildman–Crippen LogP) is 3.70. The fourth-order valence-electron chi connectivity index (χ4n) is 1.52. The van der Waals surface area contributed by atoms with Crippen LogP contribution in [0.3, 0.4) is 0 Å². The normalized spacial score (nSPS) is 10.6. The third-order valence-corrected chi connectivity index (χ3v) is 4.07. The van der Waals surface area contributed by atoms with E-state index < -0.39 is 10.9 Å². The van der Waals surface area contributed by atoms with Crippen molar-refractivity contribution in [3.63, 3.8) is 0 Å². The summed E-state index contributed by atoms with van der Waals surface area (Å²) in [5, 5.41) is 20.1. The number of rotatable bonds is 4. The minimum atomic E-state index is -1.32. The van der Waals surface area contributed by atoms with Gasteiger partial charge in [-0.05, 0) is 25.6 Å². The van der Waals surface area contributed by atoms with Crippen LogP contribution < -0.4 is 0 Å². The number of aromatic nitrogens is 1. The lowest BCUT2D eigenvalue weighted by atomic mass is 10.2. The molecule has 21 heavy (non-hydrogen) atoms. The number of hydrogen-bond acceptors (Lipinski definition) is 6. The van der Waals surface area contributed by atoms with Crippen molar-refractivity contribution in [3.05, 3.63) is 44.3 Å². The maximum atomic E-state index is 11.3. The molecule has 0 spiro atoms. The minimum absolute atomic E-state index is 0.0416. The smallest absolute Gasteiger partial charge is 0.337 e. The Labute approximate surface area is 128 Å². The van der Waals surface area contributed by atoms with Crippen LogP contribution in [0.5, 0.6) is 0 Å². The van der Waals surface area contributed by atoms with Gasteiger partial charge in [0.25, 0.3) is 10.9 Å². The van der Waals surface area contributed by atoms with Crippen LogP contribution in [0, 0.1) is 24.0 Å². The molecule has 2 aromatic rings. The molecule has 0 bridgehead atoms. The molecule has 9 heteroatoms. The van der Waals surface area contributed by atoms with Crippen molar-refractivity contribution in [3.8, 4) is 0 Å². The van der Waals surface area contributed by atoms with Gasteiger partial charge in [-0.15, -0.1) is 0 Å².